The molecule has 0 aliphatic carbocycles. The molecule has 0 atom stereocenters. The van der Waals surface area contributed by atoms with E-state index in [9.17, 15) is 0 Å². The SMILES string of the molecule is C=O.CC.CCCCC(CC)(CCCC)CCc1ccccc1C.CO.Cc1ccccc1. The Morgan fingerprint density at radius 1 is 0.727 bits per heavy atom. The van der Waals surface area contributed by atoms with Crippen LogP contribution < -0.4 is 0 Å². The number of carbonyl (C=O) groups excluding carboxylic acids is 1. The Hall–Kier alpha value is -1.93. The van der Waals surface area contributed by atoms with Crippen LogP contribution in [0.5, 0.6) is 0 Å². The first-order valence-corrected chi connectivity index (χ1v) is 12.9. The van der Waals surface area contributed by atoms with Crippen LogP contribution >= 0.6 is 0 Å². The minimum Gasteiger partial charge on any atom is -0.400 e. The van der Waals surface area contributed by atoms with E-state index in [1.807, 2.05) is 38.8 Å². The Kier molecular flexibility index (Phi) is 28.4. The van der Waals surface area contributed by atoms with Gasteiger partial charge in [0.25, 0.3) is 0 Å². The summed E-state index contributed by atoms with van der Waals surface area (Å²) in [6, 6.07) is 19.2. The average molecular weight is 459 g/mol. The number of rotatable bonds is 10. The van der Waals surface area contributed by atoms with Crippen LogP contribution in [0.1, 0.15) is 103 Å². The Balaban J connectivity index is -0.000000571. The summed E-state index contributed by atoms with van der Waals surface area (Å²) in [4.78, 5) is 8.00. The minimum atomic E-state index is 0.592. The molecular formula is C31H54O2. The highest BCUT2D eigenvalue weighted by atomic mass is 16.2. The van der Waals surface area contributed by atoms with Gasteiger partial charge in [0.1, 0.15) is 6.79 Å². The zero-order chi connectivity index (χ0) is 26.0. The van der Waals surface area contributed by atoms with Crippen LogP contribution in [0.25, 0.3) is 0 Å². The van der Waals surface area contributed by atoms with Crippen molar-refractivity contribution in [1.29, 1.82) is 0 Å². The Morgan fingerprint density at radius 3 is 1.55 bits per heavy atom. The fourth-order valence-corrected chi connectivity index (χ4v) is 3.83. The molecule has 190 valence electrons. The smallest absolute Gasteiger partial charge is 0.106 e. The molecule has 0 fully saturated rings. The number of hydrogen-bond acceptors (Lipinski definition) is 2. The molecule has 33 heavy (non-hydrogen) atoms. The second kappa shape index (κ2) is 26.3. The third-order valence-corrected chi connectivity index (χ3v) is 6.00. The molecule has 0 saturated carbocycles. The van der Waals surface area contributed by atoms with Crippen LogP contribution in [-0.2, 0) is 11.2 Å². The molecule has 2 nitrogen and oxygen atoms in total. The summed E-state index contributed by atoms with van der Waals surface area (Å²) in [5.74, 6) is 0. The number of aliphatic hydroxyl groups is 1. The molecule has 2 aromatic carbocycles. The summed E-state index contributed by atoms with van der Waals surface area (Å²) in [6.07, 6.45) is 12.3. The lowest BCUT2D eigenvalue weighted by molar-refractivity contribution is -0.0979. The van der Waals surface area contributed by atoms with Crippen molar-refractivity contribution in [3.05, 3.63) is 71.3 Å². The largest absolute Gasteiger partial charge is 0.400 e. The molecule has 0 unspecified atom stereocenters. The Bertz CT molecular complexity index is 614. The van der Waals surface area contributed by atoms with Crippen LogP contribution in [0.15, 0.2) is 54.6 Å². The van der Waals surface area contributed by atoms with Gasteiger partial charge in [0, 0.05) is 7.11 Å². The van der Waals surface area contributed by atoms with Gasteiger partial charge in [-0.3, -0.25) is 0 Å². The molecule has 0 radical (unpaired) electrons. The van der Waals surface area contributed by atoms with E-state index >= 15 is 0 Å². The Morgan fingerprint density at radius 2 is 1.18 bits per heavy atom. The molecule has 0 saturated heterocycles. The van der Waals surface area contributed by atoms with Gasteiger partial charge in [0.15, 0.2) is 0 Å². The van der Waals surface area contributed by atoms with Crippen LogP contribution in [0.3, 0.4) is 0 Å². The molecule has 2 rings (SSSR count). The van der Waals surface area contributed by atoms with Gasteiger partial charge >= 0.3 is 0 Å². The van der Waals surface area contributed by atoms with Gasteiger partial charge in [-0.15, -0.1) is 0 Å². The monoisotopic (exact) mass is 458 g/mol. The predicted molar refractivity (Wildman–Crippen MR) is 149 cm³/mol. The topological polar surface area (TPSA) is 37.3 Å². The molecule has 0 bridgehead atoms. The van der Waals surface area contributed by atoms with Crippen LogP contribution in [-0.4, -0.2) is 19.0 Å². The molecule has 0 aliphatic heterocycles. The number of benzene rings is 2. The number of unbranched alkanes of at least 4 members (excludes halogenated alkanes) is 2. The van der Waals surface area contributed by atoms with E-state index in [4.69, 9.17) is 9.90 Å². The van der Waals surface area contributed by atoms with Gasteiger partial charge in [-0.1, -0.05) is 127 Å². The second-order valence-electron chi connectivity index (χ2n) is 8.14. The van der Waals surface area contributed by atoms with Crippen molar-refractivity contribution in [3.8, 4) is 0 Å². The van der Waals surface area contributed by atoms with Gasteiger partial charge in [0.05, 0.1) is 0 Å². The van der Waals surface area contributed by atoms with E-state index in [0.29, 0.717) is 5.41 Å². The lowest BCUT2D eigenvalue weighted by Gasteiger charge is -2.33. The Labute approximate surface area is 206 Å². The van der Waals surface area contributed by atoms with Gasteiger partial charge in [-0.25, -0.2) is 0 Å². The van der Waals surface area contributed by atoms with Crippen LogP contribution in [0.2, 0.25) is 0 Å². The number of hydrogen-bond donors (Lipinski definition) is 1. The second-order valence-corrected chi connectivity index (χ2v) is 8.14. The molecule has 0 spiro atoms. The van der Waals surface area contributed by atoms with Crippen molar-refractivity contribution in [2.75, 3.05) is 7.11 Å². The number of aliphatic hydroxyl groups excluding tert-OH is 1. The van der Waals surface area contributed by atoms with Crippen molar-refractivity contribution in [2.45, 2.75) is 106 Å². The summed E-state index contributed by atoms with van der Waals surface area (Å²) in [5, 5.41) is 7.00. The van der Waals surface area contributed by atoms with Gasteiger partial charge in [-0.05, 0) is 56.1 Å². The first kappa shape index (κ1) is 35.7. The number of carbonyl (C=O) groups is 1. The maximum absolute atomic E-state index is 8.00. The maximum Gasteiger partial charge on any atom is 0.106 e. The van der Waals surface area contributed by atoms with E-state index in [2.05, 4.69) is 71.0 Å². The highest BCUT2D eigenvalue weighted by Gasteiger charge is 2.26. The third-order valence-electron chi connectivity index (χ3n) is 6.00. The summed E-state index contributed by atoms with van der Waals surface area (Å²) in [5.41, 5.74) is 4.93. The lowest BCUT2D eigenvalue weighted by Crippen LogP contribution is -2.21. The van der Waals surface area contributed by atoms with Crippen molar-refractivity contribution < 1.29 is 9.90 Å². The van der Waals surface area contributed by atoms with Crippen LogP contribution in [0.4, 0.5) is 0 Å². The zero-order valence-corrected chi connectivity index (χ0v) is 23.1. The molecular weight excluding hydrogens is 404 g/mol. The predicted octanol–water partition coefficient (Wildman–Crippen LogP) is 9.15. The highest BCUT2D eigenvalue weighted by molar-refractivity contribution is 5.25. The van der Waals surface area contributed by atoms with Crippen molar-refractivity contribution in [1.82, 2.24) is 0 Å². The molecule has 0 aromatic heterocycles. The van der Waals surface area contributed by atoms with E-state index in [1.165, 1.54) is 68.9 Å². The van der Waals surface area contributed by atoms with Crippen molar-refractivity contribution >= 4 is 6.79 Å². The summed E-state index contributed by atoms with van der Waals surface area (Å²) >= 11 is 0. The fraction of sp³-hybridized carbons (Fsp3) is 0.581. The first-order valence-electron chi connectivity index (χ1n) is 12.9. The van der Waals surface area contributed by atoms with Gasteiger partial charge in [-0.2, -0.15) is 0 Å². The van der Waals surface area contributed by atoms with Crippen molar-refractivity contribution in [3.63, 3.8) is 0 Å². The molecule has 0 heterocycles. The lowest BCUT2D eigenvalue weighted by atomic mass is 9.72. The van der Waals surface area contributed by atoms with Crippen LogP contribution in [0, 0.1) is 19.3 Å². The van der Waals surface area contributed by atoms with Gasteiger partial charge in [0.2, 0.25) is 0 Å². The molecule has 2 aromatic rings. The molecule has 2 heteroatoms. The summed E-state index contributed by atoms with van der Waals surface area (Å²) in [6.45, 7) is 17.4. The highest BCUT2D eigenvalue weighted by Crippen LogP contribution is 2.39. The maximum atomic E-state index is 8.00. The van der Waals surface area contributed by atoms with E-state index in [-0.39, 0.29) is 0 Å². The quantitative estimate of drug-likeness (QED) is 0.385. The molecule has 1 N–H and O–H groups in total. The number of aryl methyl sites for hydroxylation is 3. The summed E-state index contributed by atoms with van der Waals surface area (Å²) < 4.78 is 0. The first-order chi connectivity index (χ1) is 16.1. The third kappa shape index (κ3) is 18.2. The standard InChI is InChI=1S/C20H34.C7H8.C2H6.CH4O.CH2O/c1-5-8-15-20(7-3,16-9-6-2)17-14-19-13-11-10-12-18(19)4;1-7-5-3-2-4-6-7;3*1-2/h10-13H,5-9,14-17H2,1-4H3;2-6H,1H3;1-2H3;2H,1H3;1H2. The average Bonchev–Trinajstić information content (AvgIpc) is 2.89. The van der Waals surface area contributed by atoms with Crippen molar-refractivity contribution in [2.24, 2.45) is 5.41 Å². The summed E-state index contributed by atoms with van der Waals surface area (Å²) in [7, 11) is 1.00. The van der Waals surface area contributed by atoms with E-state index in [1.54, 1.807) is 5.56 Å². The normalized spacial score (nSPS) is 9.48. The zero-order valence-electron chi connectivity index (χ0n) is 23.1. The fourth-order valence-electron chi connectivity index (χ4n) is 3.83. The van der Waals surface area contributed by atoms with E-state index < -0.39 is 0 Å². The minimum absolute atomic E-state index is 0.592. The molecule has 0 aliphatic rings. The van der Waals surface area contributed by atoms with E-state index in [0.717, 1.165) is 7.11 Å². The molecule has 0 amide bonds. The van der Waals surface area contributed by atoms with Gasteiger partial charge < -0.3 is 9.90 Å².